The smallest absolute Gasteiger partial charge is 0.240 e. The second kappa shape index (κ2) is 5.54. The molecule has 1 aromatic heterocycles. The Balaban J connectivity index is 2.12. The number of nitrogens with zero attached hydrogens (tertiary/aromatic N) is 1. The van der Waals surface area contributed by atoms with Crippen molar-refractivity contribution in [2.24, 2.45) is 5.10 Å². The summed E-state index contributed by atoms with van der Waals surface area (Å²) in [5.41, 5.74) is 3.37. The lowest BCUT2D eigenvalue weighted by Gasteiger charge is -2.09. The Morgan fingerprint density at radius 3 is 2.71 bits per heavy atom. The van der Waals surface area contributed by atoms with E-state index in [9.17, 15) is 4.79 Å². The highest BCUT2D eigenvalue weighted by Gasteiger charge is 2.19. The van der Waals surface area contributed by atoms with Gasteiger partial charge >= 0.3 is 0 Å². The molecule has 3 rings (SSSR count). The van der Waals surface area contributed by atoms with Crippen molar-refractivity contribution in [3.8, 4) is 11.5 Å². The van der Waals surface area contributed by atoms with Crippen LogP contribution in [0.15, 0.2) is 17.2 Å². The van der Waals surface area contributed by atoms with Crippen molar-refractivity contribution in [2.75, 3.05) is 14.2 Å². The van der Waals surface area contributed by atoms with Crippen LogP contribution in [0.25, 0.3) is 10.1 Å². The Morgan fingerprint density at radius 2 is 2.10 bits per heavy atom. The van der Waals surface area contributed by atoms with E-state index in [-0.39, 0.29) is 5.91 Å². The number of nitrogens with one attached hydrogen (secondary N) is 1. The van der Waals surface area contributed by atoms with Crippen molar-refractivity contribution in [3.63, 3.8) is 0 Å². The van der Waals surface area contributed by atoms with Gasteiger partial charge in [-0.2, -0.15) is 5.10 Å². The van der Waals surface area contributed by atoms with Crippen LogP contribution in [0.5, 0.6) is 11.5 Å². The molecule has 2 aromatic rings. The fourth-order valence-corrected chi connectivity index (χ4v) is 3.73. The Labute approximate surface area is 130 Å². The molecule has 0 atom stereocenters. The molecule has 0 radical (unpaired) electrons. The predicted octanol–water partition coefficient (Wildman–Crippen LogP) is 3.19. The summed E-state index contributed by atoms with van der Waals surface area (Å²) in [4.78, 5) is 12.2. The van der Waals surface area contributed by atoms with Gasteiger partial charge in [-0.05, 0) is 6.07 Å². The molecule has 1 N–H and O–H groups in total. The van der Waals surface area contributed by atoms with E-state index in [1.54, 1.807) is 25.6 Å². The number of carbonyl (C=O) groups is 1. The Bertz CT molecular complexity index is 754. The quantitative estimate of drug-likeness (QED) is 0.943. The van der Waals surface area contributed by atoms with Gasteiger partial charge in [0, 0.05) is 29.0 Å². The zero-order valence-corrected chi connectivity index (χ0v) is 13.1. The molecule has 0 spiro atoms. The van der Waals surface area contributed by atoms with Crippen LogP contribution in [0.4, 0.5) is 0 Å². The maximum atomic E-state index is 11.2. The first kappa shape index (κ1) is 14.2. The molecule has 0 aliphatic carbocycles. The fourth-order valence-electron chi connectivity index (χ4n) is 2.23. The zero-order chi connectivity index (χ0) is 15.0. The summed E-state index contributed by atoms with van der Waals surface area (Å²) in [6.07, 6.45) is 1.08. The summed E-state index contributed by atoms with van der Waals surface area (Å²) >= 11 is 7.96. The molecule has 1 aromatic carbocycles. The Hall–Kier alpha value is -1.79. The monoisotopic (exact) mass is 324 g/mol. The molecule has 1 aliphatic rings. The first-order chi connectivity index (χ1) is 10.1. The number of thiophene rings is 1. The van der Waals surface area contributed by atoms with E-state index in [1.807, 2.05) is 12.1 Å². The lowest BCUT2D eigenvalue weighted by Crippen LogP contribution is -2.25. The van der Waals surface area contributed by atoms with Crippen molar-refractivity contribution < 1.29 is 14.3 Å². The molecule has 110 valence electrons. The van der Waals surface area contributed by atoms with Gasteiger partial charge in [-0.1, -0.05) is 11.6 Å². The summed E-state index contributed by atoms with van der Waals surface area (Å²) < 4.78 is 11.6. The van der Waals surface area contributed by atoms with Crippen LogP contribution in [0, 0.1) is 0 Å². The number of hydrogen-bond acceptors (Lipinski definition) is 5. The summed E-state index contributed by atoms with van der Waals surface area (Å²) in [7, 11) is 3.14. The van der Waals surface area contributed by atoms with Gasteiger partial charge in [-0.3, -0.25) is 4.79 Å². The fraction of sp³-hybridized carbons (Fsp3) is 0.286. The number of benzene rings is 1. The molecule has 1 amide bonds. The highest BCUT2D eigenvalue weighted by atomic mass is 35.5. The number of fused-ring (bicyclic) bond motifs is 1. The topological polar surface area (TPSA) is 59.9 Å². The van der Waals surface area contributed by atoms with Crippen LogP contribution >= 0.6 is 22.9 Å². The largest absolute Gasteiger partial charge is 0.493 e. The number of amides is 1. The predicted molar refractivity (Wildman–Crippen MR) is 83.9 cm³/mol. The SMILES string of the molecule is COc1cc2sc(C3=NNC(=O)CC3)cc2c(Cl)c1OC. The van der Waals surface area contributed by atoms with E-state index >= 15 is 0 Å². The summed E-state index contributed by atoms with van der Waals surface area (Å²) in [6.45, 7) is 0. The molecule has 21 heavy (non-hydrogen) atoms. The van der Waals surface area contributed by atoms with Crippen LogP contribution in [0.2, 0.25) is 5.02 Å². The van der Waals surface area contributed by atoms with Crippen LogP contribution in [0.3, 0.4) is 0 Å². The standard InChI is InChI=1S/C14H13ClN2O3S/c1-19-9-6-10-7(13(15)14(9)20-2)5-11(21-10)8-3-4-12(18)17-16-8/h5-6H,3-4H2,1-2H3,(H,17,18). The molecule has 0 fully saturated rings. The van der Waals surface area contributed by atoms with Crippen molar-refractivity contribution in [2.45, 2.75) is 12.8 Å². The minimum atomic E-state index is -0.0544. The van der Waals surface area contributed by atoms with Crippen molar-refractivity contribution in [3.05, 3.63) is 22.0 Å². The van der Waals surface area contributed by atoms with Gasteiger partial charge < -0.3 is 9.47 Å². The van der Waals surface area contributed by atoms with Crippen LogP contribution in [0.1, 0.15) is 17.7 Å². The van der Waals surface area contributed by atoms with E-state index in [0.29, 0.717) is 29.4 Å². The normalized spacial score (nSPS) is 14.8. The van der Waals surface area contributed by atoms with E-state index in [2.05, 4.69) is 10.5 Å². The number of halogens is 1. The van der Waals surface area contributed by atoms with E-state index < -0.39 is 0 Å². The Morgan fingerprint density at radius 1 is 1.29 bits per heavy atom. The molecular formula is C14H13ClN2O3S. The highest BCUT2D eigenvalue weighted by molar-refractivity contribution is 7.21. The molecule has 2 heterocycles. The van der Waals surface area contributed by atoms with Crippen LogP contribution in [-0.4, -0.2) is 25.8 Å². The number of methoxy groups -OCH3 is 2. The van der Waals surface area contributed by atoms with Gasteiger partial charge in [-0.15, -0.1) is 11.3 Å². The van der Waals surface area contributed by atoms with Crippen molar-refractivity contribution in [1.29, 1.82) is 0 Å². The molecular weight excluding hydrogens is 312 g/mol. The van der Waals surface area contributed by atoms with E-state index in [1.165, 1.54) is 0 Å². The van der Waals surface area contributed by atoms with Crippen LogP contribution < -0.4 is 14.9 Å². The summed E-state index contributed by atoms with van der Waals surface area (Å²) in [6, 6.07) is 3.87. The first-order valence-electron chi connectivity index (χ1n) is 6.34. The molecule has 0 saturated carbocycles. The molecule has 5 nitrogen and oxygen atoms in total. The van der Waals surface area contributed by atoms with Crippen molar-refractivity contribution >= 4 is 44.6 Å². The minimum absolute atomic E-state index is 0.0544. The van der Waals surface area contributed by atoms with E-state index in [0.717, 1.165) is 20.7 Å². The van der Waals surface area contributed by atoms with Crippen molar-refractivity contribution in [1.82, 2.24) is 5.43 Å². The average molecular weight is 325 g/mol. The maximum absolute atomic E-state index is 11.2. The highest BCUT2D eigenvalue weighted by Crippen LogP contribution is 2.44. The molecule has 0 bridgehead atoms. The third kappa shape index (κ3) is 2.45. The first-order valence-corrected chi connectivity index (χ1v) is 7.53. The zero-order valence-electron chi connectivity index (χ0n) is 11.5. The maximum Gasteiger partial charge on any atom is 0.240 e. The minimum Gasteiger partial charge on any atom is -0.493 e. The Kier molecular flexibility index (Phi) is 3.73. The van der Waals surface area contributed by atoms with Gasteiger partial charge in [0.15, 0.2) is 11.5 Å². The van der Waals surface area contributed by atoms with Gasteiger partial charge in [0.05, 0.1) is 29.8 Å². The molecule has 0 unspecified atom stereocenters. The molecule has 1 aliphatic heterocycles. The van der Waals surface area contributed by atoms with Gasteiger partial charge in [-0.25, -0.2) is 5.43 Å². The van der Waals surface area contributed by atoms with Gasteiger partial charge in [0.25, 0.3) is 0 Å². The third-order valence-electron chi connectivity index (χ3n) is 3.30. The molecule has 7 heteroatoms. The van der Waals surface area contributed by atoms with Crippen LogP contribution in [-0.2, 0) is 4.79 Å². The lowest BCUT2D eigenvalue weighted by atomic mass is 10.1. The number of ether oxygens (including phenoxy) is 2. The second-order valence-electron chi connectivity index (χ2n) is 4.54. The van der Waals surface area contributed by atoms with Gasteiger partial charge in [0.2, 0.25) is 5.91 Å². The molecule has 0 saturated heterocycles. The lowest BCUT2D eigenvalue weighted by molar-refractivity contribution is -0.121. The van der Waals surface area contributed by atoms with E-state index in [4.69, 9.17) is 21.1 Å². The number of carbonyl (C=O) groups excluding carboxylic acids is 1. The number of rotatable bonds is 3. The second-order valence-corrected chi connectivity index (χ2v) is 6.00. The number of hydrogen-bond donors (Lipinski definition) is 1. The average Bonchev–Trinajstić information content (AvgIpc) is 2.92. The number of hydrazone groups is 1. The summed E-state index contributed by atoms with van der Waals surface area (Å²) in [5.74, 6) is 1.07. The summed E-state index contributed by atoms with van der Waals surface area (Å²) in [5, 5.41) is 5.53. The van der Waals surface area contributed by atoms with Gasteiger partial charge in [0.1, 0.15) is 0 Å². The third-order valence-corrected chi connectivity index (χ3v) is 4.80.